The van der Waals surface area contributed by atoms with Gasteiger partial charge in [-0.1, -0.05) is 61.4 Å². The van der Waals surface area contributed by atoms with Gasteiger partial charge in [0.25, 0.3) is 0 Å². The van der Waals surface area contributed by atoms with E-state index >= 15 is 0 Å². The summed E-state index contributed by atoms with van der Waals surface area (Å²) < 4.78 is 0. The molecule has 0 bridgehead atoms. The summed E-state index contributed by atoms with van der Waals surface area (Å²) in [5, 5.41) is 2.92. The first-order valence-corrected chi connectivity index (χ1v) is 8.57. The summed E-state index contributed by atoms with van der Waals surface area (Å²) in [6.45, 7) is 4.09. The standard InChI is InChI=1S/C21H23NO2/c1-3-4-9-19(23)21(14-16-12-10-15(2)11-13-16)17-7-5-6-8-18(17)22-20(21)24/h5-8,10-13H,3-4,9,14H2,1-2H3,(H,22,24). The third-order valence-electron chi connectivity index (χ3n) is 4.85. The van der Waals surface area contributed by atoms with E-state index in [1.807, 2.05) is 55.5 Å². The Morgan fingerprint density at radius 1 is 1.08 bits per heavy atom. The van der Waals surface area contributed by atoms with Crippen LogP contribution in [0.5, 0.6) is 0 Å². The van der Waals surface area contributed by atoms with Gasteiger partial charge in [-0.15, -0.1) is 0 Å². The number of unbranched alkanes of at least 4 members (excludes halogenated alkanes) is 1. The van der Waals surface area contributed by atoms with Crippen LogP contribution in [0.4, 0.5) is 5.69 Å². The summed E-state index contributed by atoms with van der Waals surface area (Å²) in [5.41, 5.74) is 2.66. The van der Waals surface area contributed by atoms with Crippen molar-refractivity contribution in [1.82, 2.24) is 0 Å². The Morgan fingerprint density at radius 3 is 2.50 bits per heavy atom. The minimum Gasteiger partial charge on any atom is -0.325 e. The van der Waals surface area contributed by atoms with E-state index in [9.17, 15) is 9.59 Å². The first-order valence-electron chi connectivity index (χ1n) is 8.57. The van der Waals surface area contributed by atoms with Crippen molar-refractivity contribution in [2.45, 2.75) is 44.9 Å². The predicted molar refractivity (Wildman–Crippen MR) is 96.2 cm³/mol. The van der Waals surface area contributed by atoms with Crippen molar-refractivity contribution in [2.75, 3.05) is 5.32 Å². The molecule has 0 aromatic heterocycles. The van der Waals surface area contributed by atoms with Crippen LogP contribution in [-0.4, -0.2) is 11.7 Å². The van der Waals surface area contributed by atoms with Gasteiger partial charge in [-0.05, 0) is 37.0 Å². The lowest BCUT2D eigenvalue weighted by molar-refractivity contribution is -0.133. The topological polar surface area (TPSA) is 46.2 Å². The molecule has 1 amide bonds. The minimum absolute atomic E-state index is 0.0207. The molecule has 1 N–H and O–H groups in total. The second kappa shape index (κ2) is 6.60. The smallest absolute Gasteiger partial charge is 0.243 e. The summed E-state index contributed by atoms with van der Waals surface area (Å²) in [5.74, 6) is -0.169. The number of hydrogen-bond acceptors (Lipinski definition) is 2. The van der Waals surface area contributed by atoms with E-state index in [-0.39, 0.29) is 11.7 Å². The third-order valence-corrected chi connectivity index (χ3v) is 4.85. The number of rotatable bonds is 6. The molecule has 1 aliphatic rings. The SMILES string of the molecule is CCCCC(=O)C1(Cc2ccc(C)cc2)C(=O)Nc2ccccc21. The van der Waals surface area contributed by atoms with Crippen molar-refractivity contribution >= 4 is 17.4 Å². The van der Waals surface area contributed by atoms with Crippen LogP contribution >= 0.6 is 0 Å². The average Bonchev–Trinajstić information content (AvgIpc) is 2.87. The average molecular weight is 321 g/mol. The summed E-state index contributed by atoms with van der Waals surface area (Å²) in [7, 11) is 0. The lowest BCUT2D eigenvalue weighted by Gasteiger charge is -2.26. The molecule has 3 rings (SSSR count). The maximum Gasteiger partial charge on any atom is 0.243 e. The van der Waals surface area contributed by atoms with Gasteiger partial charge in [0, 0.05) is 12.1 Å². The number of Topliss-reactive ketones (excluding diaryl/α,β-unsaturated/α-hetero) is 1. The maximum atomic E-state index is 13.1. The number of aryl methyl sites for hydroxylation is 1. The van der Waals surface area contributed by atoms with E-state index < -0.39 is 5.41 Å². The number of hydrogen-bond donors (Lipinski definition) is 1. The van der Waals surface area contributed by atoms with E-state index in [0.717, 1.165) is 29.7 Å². The molecular weight excluding hydrogens is 298 g/mol. The fourth-order valence-electron chi connectivity index (χ4n) is 3.43. The summed E-state index contributed by atoms with van der Waals surface area (Å²) in [6, 6.07) is 15.6. The molecule has 2 aromatic carbocycles. The first kappa shape index (κ1) is 16.4. The highest BCUT2D eigenvalue weighted by atomic mass is 16.2. The van der Waals surface area contributed by atoms with Gasteiger partial charge in [0.1, 0.15) is 5.41 Å². The zero-order chi connectivity index (χ0) is 17.2. The number of para-hydroxylation sites is 1. The number of benzene rings is 2. The van der Waals surface area contributed by atoms with E-state index in [2.05, 4.69) is 12.2 Å². The van der Waals surface area contributed by atoms with Crippen molar-refractivity contribution in [3.8, 4) is 0 Å². The Hall–Kier alpha value is -2.42. The van der Waals surface area contributed by atoms with E-state index in [1.165, 1.54) is 5.56 Å². The van der Waals surface area contributed by atoms with Crippen molar-refractivity contribution in [3.05, 3.63) is 65.2 Å². The number of carbonyl (C=O) groups is 2. The number of carbonyl (C=O) groups excluding carboxylic acids is 2. The quantitative estimate of drug-likeness (QED) is 0.811. The molecule has 1 aliphatic heterocycles. The van der Waals surface area contributed by atoms with Crippen LogP contribution in [-0.2, 0) is 21.4 Å². The number of fused-ring (bicyclic) bond motifs is 1. The van der Waals surface area contributed by atoms with Gasteiger partial charge in [0.15, 0.2) is 5.78 Å². The molecule has 0 spiro atoms. The highest BCUT2D eigenvalue weighted by molar-refractivity contribution is 6.21. The molecule has 0 aliphatic carbocycles. The fourth-order valence-corrected chi connectivity index (χ4v) is 3.43. The van der Waals surface area contributed by atoms with Crippen molar-refractivity contribution in [3.63, 3.8) is 0 Å². The Balaban J connectivity index is 2.06. The van der Waals surface area contributed by atoms with Gasteiger partial charge in [-0.3, -0.25) is 9.59 Å². The van der Waals surface area contributed by atoms with Crippen LogP contribution in [0.15, 0.2) is 48.5 Å². The molecule has 2 aromatic rings. The van der Waals surface area contributed by atoms with Gasteiger partial charge in [0.05, 0.1) is 0 Å². The minimum atomic E-state index is -1.10. The van der Waals surface area contributed by atoms with Crippen LogP contribution < -0.4 is 5.32 Å². The predicted octanol–water partition coefficient (Wildman–Crippen LogP) is 4.19. The van der Waals surface area contributed by atoms with Gasteiger partial charge in [-0.2, -0.15) is 0 Å². The number of nitrogens with one attached hydrogen (secondary N) is 1. The van der Waals surface area contributed by atoms with Gasteiger partial charge in [-0.25, -0.2) is 0 Å². The normalized spacial score (nSPS) is 19.0. The molecule has 1 atom stereocenters. The molecule has 0 radical (unpaired) electrons. The second-order valence-electron chi connectivity index (χ2n) is 6.59. The molecule has 0 saturated carbocycles. The summed E-state index contributed by atoms with van der Waals surface area (Å²) >= 11 is 0. The Morgan fingerprint density at radius 2 is 1.79 bits per heavy atom. The maximum absolute atomic E-state index is 13.1. The molecule has 124 valence electrons. The van der Waals surface area contributed by atoms with Crippen LogP contribution in [0.1, 0.15) is 42.9 Å². The Kier molecular flexibility index (Phi) is 4.52. The molecule has 3 nitrogen and oxygen atoms in total. The second-order valence-corrected chi connectivity index (χ2v) is 6.59. The Labute approximate surface area is 143 Å². The zero-order valence-corrected chi connectivity index (χ0v) is 14.3. The molecule has 0 fully saturated rings. The summed E-state index contributed by atoms with van der Waals surface area (Å²) in [6.07, 6.45) is 2.60. The molecule has 1 unspecified atom stereocenters. The van der Waals surface area contributed by atoms with Crippen molar-refractivity contribution in [2.24, 2.45) is 0 Å². The molecule has 3 heteroatoms. The highest BCUT2D eigenvalue weighted by Crippen LogP contribution is 2.42. The van der Waals surface area contributed by atoms with Crippen molar-refractivity contribution in [1.29, 1.82) is 0 Å². The lowest BCUT2D eigenvalue weighted by Crippen LogP contribution is -2.44. The molecular formula is C21H23NO2. The molecule has 0 saturated heterocycles. The number of anilines is 1. The summed E-state index contributed by atoms with van der Waals surface area (Å²) in [4.78, 5) is 26.0. The van der Waals surface area contributed by atoms with Crippen LogP contribution in [0.25, 0.3) is 0 Å². The highest BCUT2D eigenvalue weighted by Gasteiger charge is 2.51. The van der Waals surface area contributed by atoms with E-state index in [4.69, 9.17) is 0 Å². The first-order chi connectivity index (χ1) is 11.6. The van der Waals surface area contributed by atoms with Gasteiger partial charge < -0.3 is 5.32 Å². The largest absolute Gasteiger partial charge is 0.325 e. The number of amides is 1. The van der Waals surface area contributed by atoms with Crippen LogP contribution in [0, 0.1) is 6.92 Å². The number of ketones is 1. The van der Waals surface area contributed by atoms with Gasteiger partial charge in [0.2, 0.25) is 5.91 Å². The Bertz CT molecular complexity index is 764. The van der Waals surface area contributed by atoms with Crippen LogP contribution in [0.3, 0.4) is 0 Å². The zero-order valence-electron chi connectivity index (χ0n) is 14.3. The van der Waals surface area contributed by atoms with E-state index in [0.29, 0.717) is 12.8 Å². The third kappa shape index (κ3) is 2.75. The van der Waals surface area contributed by atoms with Crippen LogP contribution in [0.2, 0.25) is 0 Å². The lowest BCUT2D eigenvalue weighted by atomic mass is 9.72. The molecule has 24 heavy (non-hydrogen) atoms. The van der Waals surface area contributed by atoms with E-state index in [1.54, 1.807) is 0 Å². The fraction of sp³-hybridized carbons (Fsp3) is 0.333. The monoisotopic (exact) mass is 321 g/mol. The molecule has 1 heterocycles. The van der Waals surface area contributed by atoms with Gasteiger partial charge >= 0.3 is 0 Å². The van der Waals surface area contributed by atoms with Crippen molar-refractivity contribution < 1.29 is 9.59 Å².